The van der Waals surface area contributed by atoms with Gasteiger partial charge in [0.2, 0.25) is 5.91 Å². The summed E-state index contributed by atoms with van der Waals surface area (Å²) in [5.41, 5.74) is 3.16. The van der Waals surface area contributed by atoms with Crippen molar-refractivity contribution in [3.8, 4) is 0 Å². The van der Waals surface area contributed by atoms with E-state index < -0.39 is 6.04 Å². The fourth-order valence-electron chi connectivity index (χ4n) is 3.74. The third-order valence-electron chi connectivity index (χ3n) is 5.42. The second-order valence-electron chi connectivity index (χ2n) is 7.76. The molecule has 30 heavy (non-hydrogen) atoms. The Morgan fingerprint density at radius 1 is 1.03 bits per heavy atom. The van der Waals surface area contributed by atoms with Gasteiger partial charge in [0.15, 0.2) is 0 Å². The van der Waals surface area contributed by atoms with Crippen molar-refractivity contribution in [2.24, 2.45) is 0 Å². The SMILES string of the molecule is CSCCC(NC(=O)c1ccccc1)C(=O)N1CCN(Cc2cccc(C)c2)CC1. The Kier molecular flexibility index (Phi) is 8.34. The average molecular weight is 426 g/mol. The van der Waals surface area contributed by atoms with Gasteiger partial charge < -0.3 is 10.2 Å². The van der Waals surface area contributed by atoms with Gasteiger partial charge in [-0.1, -0.05) is 48.0 Å². The van der Waals surface area contributed by atoms with Crippen LogP contribution in [0.4, 0.5) is 0 Å². The van der Waals surface area contributed by atoms with Gasteiger partial charge in [-0.3, -0.25) is 14.5 Å². The summed E-state index contributed by atoms with van der Waals surface area (Å²) in [5.74, 6) is 0.676. The van der Waals surface area contributed by atoms with Gasteiger partial charge in [0.25, 0.3) is 5.91 Å². The van der Waals surface area contributed by atoms with Gasteiger partial charge in [0.1, 0.15) is 6.04 Å². The van der Waals surface area contributed by atoms with Gasteiger partial charge in [0, 0.05) is 38.3 Å². The minimum atomic E-state index is -0.478. The van der Waals surface area contributed by atoms with Crippen molar-refractivity contribution in [1.29, 1.82) is 0 Å². The average Bonchev–Trinajstić information content (AvgIpc) is 2.77. The van der Waals surface area contributed by atoms with E-state index in [1.165, 1.54) is 11.1 Å². The molecule has 1 saturated heterocycles. The third-order valence-corrected chi connectivity index (χ3v) is 6.07. The van der Waals surface area contributed by atoms with Crippen LogP contribution in [-0.2, 0) is 11.3 Å². The quantitative estimate of drug-likeness (QED) is 0.706. The van der Waals surface area contributed by atoms with E-state index in [1.807, 2.05) is 29.4 Å². The number of amides is 2. The molecule has 160 valence electrons. The largest absolute Gasteiger partial charge is 0.340 e. The van der Waals surface area contributed by atoms with Crippen LogP contribution in [-0.4, -0.2) is 65.8 Å². The minimum absolute atomic E-state index is 0.0311. The first-order valence-corrected chi connectivity index (χ1v) is 11.9. The van der Waals surface area contributed by atoms with E-state index in [0.29, 0.717) is 25.1 Å². The molecule has 1 heterocycles. The lowest BCUT2D eigenvalue weighted by Gasteiger charge is -2.36. The molecule has 0 radical (unpaired) electrons. The molecule has 1 aliphatic rings. The first-order chi connectivity index (χ1) is 14.6. The Hall–Kier alpha value is -2.31. The van der Waals surface area contributed by atoms with E-state index in [1.54, 1.807) is 23.9 Å². The topological polar surface area (TPSA) is 52.7 Å². The number of carbonyl (C=O) groups excluding carboxylic acids is 2. The van der Waals surface area contributed by atoms with Crippen LogP contribution in [0.15, 0.2) is 54.6 Å². The highest BCUT2D eigenvalue weighted by atomic mass is 32.2. The van der Waals surface area contributed by atoms with Crippen LogP contribution in [0.2, 0.25) is 0 Å². The van der Waals surface area contributed by atoms with Crippen molar-refractivity contribution < 1.29 is 9.59 Å². The summed E-state index contributed by atoms with van der Waals surface area (Å²) in [5, 5.41) is 2.97. The number of rotatable bonds is 8. The van der Waals surface area contributed by atoms with E-state index in [2.05, 4.69) is 41.4 Å². The number of aryl methyl sites for hydroxylation is 1. The van der Waals surface area contributed by atoms with Gasteiger partial charge in [0.05, 0.1) is 0 Å². The highest BCUT2D eigenvalue weighted by molar-refractivity contribution is 7.98. The van der Waals surface area contributed by atoms with Crippen molar-refractivity contribution in [1.82, 2.24) is 15.1 Å². The Labute approximate surface area is 183 Å². The van der Waals surface area contributed by atoms with Crippen molar-refractivity contribution in [2.75, 3.05) is 38.2 Å². The first-order valence-electron chi connectivity index (χ1n) is 10.5. The molecule has 0 saturated carbocycles. The molecule has 2 amide bonds. The smallest absolute Gasteiger partial charge is 0.251 e. The van der Waals surface area contributed by atoms with E-state index in [4.69, 9.17) is 0 Å². The highest BCUT2D eigenvalue weighted by Crippen LogP contribution is 2.13. The molecular weight excluding hydrogens is 394 g/mol. The molecule has 1 unspecified atom stereocenters. The number of carbonyl (C=O) groups is 2. The molecule has 0 aliphatic carbocycles. The fraction of sp³-hybridized carbons (Fsp3) is 0.417. The maximum absolute atomic E-state index is 13.2. The molecule has 0 spiro atoms. The van der Waals surface area contributed by atoms with Crippen molar-refractivity contribution in [3.63, 3.8) is 0 Å². The molecule has 1 atom stereocenters. The van der Waals surface area contributed by atoms with Crippen molar-refractivity contribution in [3.05, 3.63) is 71.3 Å². The van der Waals surface area contributed by atoms with Crippen LogP contribution >= 0.6 is 11.8 Å². The fourth-order valence-corrected chi connectivity index (χ4v) is 4.21. The van der Waals surface area contributed by atoms with Crippen LogP contribution in [0.3, 0.4) is 0 Å². The number of hydrogen-bond donors (Lipinski definition) is 1. The van der Waals surface area contributed by atoms with Crippen molar-refractivity contribution in [2.45, 2.75) is 25.9 Å². The predicted octanol–water partition coefficient (Wildman–Crippen LogP) is 3.19. The van der Waals surface area contributed by atoms with Gasteiger partial charge in [-0.05, 0) is 43.0 Å². The normalized spacial score (nSPS) is 15.6. The minimum Gasteiger partial charge on any atom is -0.340 e. The predicted molar refractivity (Wildman–Crippen MR) is 124 cm³/mol. The first kappa shape index (κ1) is 22.4. The number of nitrogens with zero attached hydrogens (tertiary/aromatic N) is 2. The zero-order valence-corrected chi connectivity index (χ0v) is 18.7. The van der Waals surface area contributed by atoms with Gasteiger partial charge in [-0.25, -0.2) is 0 Å². The van der Waals surface area contributed by atoms with Crippen LogP contribution < -0.4 is 5.32 Å². The summed E-state index contributed by atoms with van der Waals surface area (Å²) >= 11 is 1.69. The molecule has 2 aromatic carbocycles. The van der Waals surface area contributed by atoms with Crippen LogP contribution in [0.1, 0.15) is 27.9 Å². The molecule has 1 N–H and O–H groups in total. The summed E-state index contributed by atoms with van der Waals surface area (Å²) in [6.45, 7) is 6.11. The van der Waals surface area contributed by atoms with E-state index >= 15 is 0 Å². The summed E-state index contributed by atoms with van der Waals surface area (Å²) < 4.78 is 0. The van der Waals surface area contributed by atoms with E-state index in [0.717, 1.165) is 25.4 Å². The van der Waals surface area contributed by atoms with Crippen molar-refractivity contribution >= 4 is 23.6 Å². The Morgan fingerprint density at radius 2 is 1.77 bits per heavy atom. The molecule has 6 heteroatoms. The molecule has 1 fully saturated rings. The molecule has 0 aromatic heterocycles. The number of nitrogens with one attached hydrogen (secondary N) is 1. The third kappa shape index (κ3) is 6.34. The zero-order chi connectivity index (χ0) is 21.3. The molecular formula is C24H31N3O2S. The lowest BCUT2D eigenvalue weighted by atomic mass is 10.1. The van der Waals surface area contributed by atoms with Gasteiger partial charge >= 0.3 is 0 Å². The summed E-state index contributed by atoms with van der Waals surface area (Å²) in [7, 11) is 0. The second kappa shape index (κ2) is 11.2. The molecule has 1 aliphatic heterocycles. The second-order valence-corrected chi connectivity index (χ2v) is 8.75. The maximum atomic E-state index is 13.2. The molecule has 5 nitrogen and oxygen atoms in total. The number of benzene rings is 2. The van der Waals surface area contributed by atoms with Gasteiger partial charge in [-0.15, -0.1) is 0 Å². The monoisotopic (exact) mass is 425 g/mol. The van der Waals surface area contributed by atoms with Gasteiger partial charge in [-0.2, -0.15) is 11.8 Å². The zero-order valence-electron chi connectivity index (χ0n) is 17.8. The van der Waals surface area contributed by atoms with E-state index in [-0.39, 0.29) is 11.8 Å². The Bertz CT molecular complexity index is 835. The number of piperazine rings is 1. The molecule has 3 rings (SSSR count). The Morgan fingerprint density at radius 3 is 2.43 bits per heavy atom. The highest BCUT2D eigenvalue weighted by Gasteiger charge is 2.28. The van der Waals surface area contributed by atoms with Crippen LogP contribution in [0.5, 0.6) is 0 Å². The lowest BCUT2D eigenvalue weighted by molar-refractivity contribution is -0.135. The number of hydrogen-bond acceptors (Lipinski definition) is 4. The summed E-state index contributed by atoms with van der Waals surface area (Å²) in [6, 6.07) is 17.2. The maximum Gasteiger partial charge on any atom is 0.251 e. The number of thioether (sulfide) groups is 1. The Balaban J connectivity index is 1.56. The van der Waals surface area contributed by atoms with E-state index in [9.17, 15) is 9.59 Å². The van der Waals surface area contributed by atoms with Crippen LogP contribution in [0.25, 0.3) is 0 Å². The van der Waals surface area contributed by atoms with Crippen LogP contribution in [0, 0.1) is 6.92 Å². The summed E-state index contributed by atoms with van der Waals surface area (Å²) in [4.78, 5) is 30.0. The molecule has 2 aromatic rings. The standard InChI is InChI=1S/C24H31N3O2S/c1-19-7-6-8-20(17-19)18-26-12-14-27(15-13-26)24(29)22(11-16-30-2)25-23(28)21-9-4-3-5-10-21/h3-10,17,22H,11-16,18H2,1-2H3,(H,25,28). The molecule has 0 bridgehead atoms. The lowest BCUT2D eigenvalue weighted by Crippen LogP contribution is -2.54. The summed E-state index contributed by atoms with van der Waals surface area (Å²) in [6.07, 6.45) is 2.66.